The fourth-order valence-electron chi connectivity index (χ4n) is 1.90. The van der Waals surface area contributed by atoms with Crippen LogP contribution in [0.15, 0.2) is 10.5 Å². The third kappa shape index (κ3) is 1.12. The van der Waals surface area contributed by atoms with Gasteiger partial charge in [-0.25, -0.2) is 0 Å². The molecule has 1 aliphatic heterocycles. The highest BCUT2D eigenvalue weighted by Gasteiger charge is 2.21. The van der Waals surface area contributed by atoms with E-state index in [1.165, 1.54) is 31.4 Å². The van der Waals surface area contributed by atoms with Crippen molar-refractivity contribution in [3.8, 4) is 0 Å². The number of allylic oxidation sites excluding steroid dienone is 2. The molecule has 2 aliphatic rings. The molecule has 0 nitrogen and oxygen atoms in total. The zero-order chi connectivity index (χ0) is 6.97. The van der Waals surface area contributed by atoms with Gasteiger partial charge in [0.15, 0.2) is 0 Å². The maximum Gasteiger partial charge on any atom is 0.00144 e. The van der Waals surface area contributed by atoms with Crippen molar-refractivity contribution in [2.24, 2.45) is 5.92 Å². The Bertz CT molecular complexity index is 170. The van der Waals surface area contributed by atoms with Crippen LogP contribution in [-0.4, -0.2) is 5.75 Å². The molecule has 0 aromatic rings. The normalized spacial score (nSPS) is 32.7. The maximum absolute atomic E-state index is 2.38. The number of hydrogen-bond acceptors (Lipinski definition) is 1. The molecule has 0 aromatic carbocycles. The van der Waals surface area contributed by atoms with Gasteiger partial charge in [-0.2, -0.15) is 0 Å². The Balaban J connectivity index is 2.13. The summed E-state index contributed by atoms with van der Waals surface area (Å²) in [5.41, 5.74) is 1.80. The van der Waals surface area contributed by atoms with Gasteiger partial charge in [0.05, 0.1) is 0 Å². The highest BCUT2D eigenvalue weighted by Crippen LogP contribution is 2.42. The third-order valence-corrected chi connectivity index (χ3v) is 3.78. The lowest BCUT2D eigenvalue weighted by molar-refractivity contribution is 0.502. The fourth-order valence-corrected chi connectivity index (χ4v) is 3.15. The predicted molar refractivity (Wildman–Crippen MR) is 47.1 cm³/mol. The topological polar surface area (TPSA) is 0 Å². The van der Waals surface area contributed by atoms with Gasteiger partial charge in [-0.05, 0) is 36.5 Å². The highest BCUT2D eigenvalue weighted by atomic mass is 32.2. The first-order valence-electron chi connectivity index (χ1n) is 4.20. The van der Waals surface area contributed by atoms with Crippen molar-refractivity contribution in [3.63, 3.8) is 0 Å². The number of hydrogen-bond donors (Lipinski definition) is 0. The van der Waals surface area contributed by atoms with Gasteiger partial charge >= 0.3 is 0 Å². The van der Waals surface area contributed by atoms with E-state index in [-0.39, 0.29) is 0 Å². The lowest BCUT2D eigenvalue weighted by Gasteiger charge is -2.19. The van der Waals surface area contributed by atoms with Crippen molar-refractivity contribution in [1.29, 1.82) is 0 Å². The molecule has 1 unspecified atom stereocenters. The van der Waals surface area contributed by atoms with Crippen LogP contribution in [0.25, 0.3) is 0 Å². The van der Waals surface area contributed by atoms with Crippen molar-refractivity contribution >= 4 is 11.8 Å². The summed E-state index contributed by atoms with van der Waals surface area (Å²) in [6, 6.07) is 0. The zero-order valence-corrected chi connectivity index (χ0v) is 7.34. The lowest BCUT2D eigenvalue weighted by Crippen LogP contribution is -2.02. The average Bonchev–Trinajstić information content (AvgIpc) is 2.33. The first-order valence-corrected chi connectivity index (χ1v) is 5.18. The zero-order valence-electron chi connectivity index (χ0n) is 6.52. The molecule has 0 fully saturated rings. The second-order valence-electron chi connectivity index (χ2n) is 3.47. The van der Waals surface area contributed by atoms with Crippen LogP contribution in [0.2, 0.25) is 0 Å². The van der Waals surface area contributed by atoms with Gasteiger partial charge < -0.3 is 0 Å². The fraction of sp³-hybridized carbons (Fsp3) is 0.778. The molecular weight excluding hydrogens is 140 g/mol. The second-order valence-corrected chi connectivity index (χ2v) is 4.66. The van der Waals surface area contributed by atoms with Gasteiger partial charge in [0.2, 0.25) is 0 Å². The van der Waals surface area contributed by atoms with Crippen molar-refractivity contribution in [2.45, 2.75) is 32.6 Å². The van der Waals surface area contributed by atoms with Crippen LogP contribution < -0.4 is 0 Å². The van der Waals surface area contributed by atoms with Crippen LogP contribution in [-0.2, 0) is 0 Å². The molecule has 0 saturated carbocycles. The molecule has 0 bridgehead atoms. The summed E-state index contributed by atoms with van der Waals surface area (Å²) in [4.78, 5) is 1.75. The van der Waals surface area contributed by atoms with E-state index in [1.54, 1.807) is 10.5 Å². The molecule has 0 amide bonds. The van der Waals surface area contributed by atoms with Gasteiger partial charge in [-0.1, -0.05) is 12.5 Å². The minimum Gasteiger partial charge on any atom is -0.130 e. The van der Waals surface area contributed by atoms with E-state index in [9.17, 15) is 0 Å². The Hall–Kier alpha value is 0.0900. The summed E-state index contributed by atoms with van der Waals surface area (Å²) >= 11 is 2.11. The summed E-state index contributed by atoms with van der Waals surface area (Å²) < 4.78 is 0. The van der Waals surface area contributed by atoms with Gasteiger partial charge in [-0.15, -0.1) is 11.8 Å². The van der Waals surface area contributed by atoms with Crippen molar-refractivity contribution in [3.05, 3.63) is 10.5 Å². The quantitative estimate of drug-likeness (QED) is 0.516. The molecule has 56 valence electrons. The van der Waals surface area contributed by atoms with E-state index in [1.807, 2.05) is 0 Å². The SMILES string of the molecule is CC1CCC2=C(CCS2)C1. The van der Waals surface area contributed by atoms with Crippen LogP contribution in [0.3, 0.4) is 0 Å². The molecule has 1 heteroatoms. The first-order chi connectivity index (χ1) is 4.86. The molecular formula is C9H14S. The van der Waals surface area contributed by atoms with Crippen LogP contribution in [0.5, 0.6) is 0 Å². The van der Waals surface area contributed by atoms with Gasteiger partial charge in [0, 0.05) is 5.75 Å². The largest absolute Gasteiger partial charge is 0.130 e. The smallest absolute Gasteiger partial charge is 0.00144 e. The molecule has 0 aromatic heterocycles. The Morgan fingerprint density at radius 1 is 1.40 bits per heavy atom. The molecule has 1 atom stereocenters. The Morgan fingerprint density at radius 3 is 3.20 bits per heavy atom. The third-order valence-electron chi connectivity index (χ3n) is 2.53. The van der Waals surface area contributed by atoms with E-state index >= 15 is 0 Å². The summed E-state index contributed by atoms with van der Waals surface area (Å²) in [5, 5.41) is 0. The Morgan fingerprint density at radius 2 is 2.30 bits per heavy atom. The molecule has 0 N–H and O–H groups in total. The van der Waals surface area contributed by atoms with Crippen molar-refractivity contribution in [1.82, 2.24) is 0 Å². The van der Waals surface area contributed by atoms with Gasteiger partial charge in [0.1, 0.15) is 0 Å². The lowest BCUT2D eigenvalue weighted by atomic mass is 9.89. The first kappa shape index (κ1) is 6.78. The predicted octanol–water partition coefficient (Wildman–Crippen LogP) is 3.20. The van der Waals surface area contributed by atoms with E-state index in [0.717, 1.165) is 5.92 Å². The van der Waals surface area contributed by atoms with E-state index < -0.39 is 0 Å². The van der Waals surface area contributed by atoms with Crippen LogP contribution in [0, 0.1) is 5.92 Å². The Labute approximate surface area is 67.1 Å². The highest BCUT2D eigenvalue weighted by molar-refractivity contribution is 8.03. The number of thioether (sulfide) groups is 1. The van der Waals surface area contributed by atoms with Crippen LogP contribution >= 0.6 is 11.8 Å². The molecule has 1 aliphatic carbocycles. The Kier molecular flexibility index (Phi) is 1.77. The van der Waals surface area contributed by atoms with Crippen LogP contribution in [0.4, 0.5) is 0 Å². The van der Waals surface area contributed by atoms with Crippen molar-refractivity contribution in [2.75, 3.05) is 5.75 Å². The molecule has 0 radical (unpaired) electrons. The summed E-state index contributed by atoms with van der Waals surface area (Å²) in [7, 11) is 0. The van der Waals surface area contributed by atoms with E-state index in [2.05, 4.69) is 18.7 Å². The van der Waals surface area contributed by atoms with Crippen LogP contribution in [0.1, 0.15) is 32.6 Å². The minimum absolute atomic E-state index is 0.970. The number of rotatable bonds is 0. The molecule has 0 spiro atoms. The van der Waals surface area contributed by atoms with E-state index in [4.69, 9.17) is 0 Å². The summed E-state index contributed by atoms with van der Waals surface area (Å²) in [6.07, 6.45) is 5.62. The standard InChI is InChI=1S/C9H14S/c1-7-2-3-9-8(6-7)4-5-10-9/h7H,2-6H2,1H3. The molecule has 1 heterocycles. The van der Waals surface area contributed by atoms with Gasteiger partial charge in [-0.3, -0.25) is 0 Å². The van der Waals surface area contributed by atoms with E-state index in [0.29, 0.717) is 0 Å². The minimum atomic E-state index is 0.970. The molecule has 2 rings (SSSR count). The maximum atomic E-state index is 2.38. The second kappa shape index (κ2) is 2.61. The monoisotopic (exact) mass is 154 g/mol. The summed E-state index contributed by atoms with van der Waals surface area (Å²) in [6.45, 7) is 2.38. The average molecular weight is 154 g/mol. The van der Waals surface area contributed by atoms with Gasteiger partial charge in [0.25, 0.3) is 0 Å². The molecule has 0 saturated heterocycles. The summed E-state index contributed by atoms with van der Waals surface area (Å²) in [5.74, 6) is 2.34. The molecule has 10 heavy (non-hydrogen) atoms. The van der Waals surface area contributed by atoms with Crippen molar-refractivity contribution < 1.29 is 0 Å².